The molecule has 0 amide bonds. The predicted molar refractivity (Wildman–Crippen MR) is 69.7 cm³/mol. The molecule has 0 radical (unpaired) electrons. The molecule has 0 aliphatic rings. The van der Waals surface area contributed by atoms with Crippen molar-refractivity contribution in [2.24, 2.45) is 5.73 Å². The molecule has 0 aliphatic heterocycles. The summed E-state index contributed by atoms with van der Waals surface area (Å²) in [7, 11) is 0. The van der Waals surface area contributed by atoms with Crippen molar-refractivity contribution in [1.82, 2.24) is 4.98 Å². The summed E-state index contributed by atoms with van der Waals surface area (Å²) in [5, 5.41) is 2.95. The second-order valence-electron chi connectivity index (χ2n) is 4.17. The lowest BCUT2D eigenvalue weighted by Gasteiger charge is -2.03. The molecule has 1 aromatic carbocycles. The van der Waals surface area contributed by atoms with Gasteiger partial charge in [0.15, 0.2) is 0 Å². The SMILES string of the molecule is Cc1ccc(-c2csc(C(C)CN)n2)cc1F. The van der Waals surface area contributed by atoms with Crippen LogP contribution < -0.4 is 5.73 Å². The Morgan fingerprint density at radius 2 is 2.24 bits per heavy atom. The van der Waals surface area contributed by atoms with Crippen LogP contribution in [0.3, 0.4) is 0 Å². The van der Waals surface area contributed by atoms with Crippen LogP contribution in [-0.2, 0) is 0 Å². The van der Waals surface area contributed by atoms with Crippen molar-refractivity contribution in [2.75, 3.05) is 6.54 Å². The molecule has 1 aromatic heterocycles. The first-order valence-corrected chi connectivity index (χ1v) is 6.41. The summed E-state index contributed by atoms with van der Waals surface area (Å²) < 4.78 is 13.5. The van der Waals surface area contributed by atoms with Crippen LogP contribution in [0.25, 0.3) is 11.3 Å². The third-order valence-electron chi connectivity index (χ3n) is 2.76. The van der Waals surface area contributed by atoms with Gasteiger partial charge in [0.2, 0.25) is 0 Å². The molecule has 0 aliphatic carbocycles. The highest BCUT2D eigenvalue weighted by Crippen LogP contribution is 2.26. The van der Waals surface area contributed by atoms with Crippen LogP contribution in [-0.4, -0.2) is 11.5 Å². The average Bonchev–Trinajstić information content (AvgIpc) is 2.81. The Kier molecular flexibility index (Phi) is 3.54. The van der Waals surface area contributed by atoms with Gasteiger partial charge in [-0.05, 0) is 18.6 Å². The van der Waals surface area contributed by atoms with E-state index in [-0.39, 0.29) is 11.7 Å². The first-order chi connectivity index (χ1) is 8.11. The summed E-state index contributed by atoms with van der Waals surface area (Å²) in [6, 6.07) is 5.20. The molecule has 1 heterocycles. The Morgan fingerprint density at radius 3 is 2.88 bits per heavy atom. The maximum Gasteiger partial charge on any atom is 0.126 e. The second kappa shape index (κ2) is 4.94. The zero-order valence-corrected chi connectivity index (χ0v) is 10.7. The molecule has 0 fully saturated rings. The van der Waals surface area contributed by atoms with Gasteiger partial charge in [0.05, 0.1) is 10.7 Å². The molecule has 2 aromatic rings. The van der Waals surface area contributed by atoms with Crippen molar-refractivity contribution < 1.29 is 4.39 Å². The number of hydrogen-bond donors (Lipinski definition) is 1. The number of thiazole rings is 1. The summed E-state index contributed by atoms with van der Waals surface area (Å²) in [6.45, 7) is 4.37. The van der Waals surface area contributed by atoms with Gasteiger partial charge in [-0.15, -0.1) is 11.3 Å². The van der Waals surface area contributed by atoms with E-state index in [4.69, 9.17) is 5.73 Å². The topological polar surface area (TPSA) is 38.9 Å². The molecule has 1 unspecified atom stereocenters. The van der Waals surface area contributed by atoms with Crippen LogP contribution in [0.2, 0.25) is 0 Å². The normalized spacial score (nSPS) is 12.7. The molecule has 0 saturated carbocycles. The largest absolute Gasteiger partial charge is 0.330 e. The van der Waals surface area contributed by atoms with E-state index in [1.165, 1.54) is 6.07 Å². The van der Waals surface area contributed by atoms with Gasteiger partial charge in [-0.1, -0.05) is 19.1 Å². The quantitative estimate of drug-likeness (QED) is 0.907. The van der Waals surface area contributed by atoms with Gasteiger partial charge >= 0.3 is 0 Å². The molecule has 1 atom stereocenters. The van der Waals surface area contributed by atoms with Crippen LogP contribution in [0.5, 0.6) is 0 Å². The number of nitrogens with two attached hydrogens (primary N) is 1. The van der Waals surface area contributed by atoms with Gasteiger partial charge in [0.25, 0.3) is 0 Å². The minimum atomic E-state index is -0.191. The Hall–Kier alpha value is -1.26. The second-order valence-corrected chi connectivity index (χ2v) is 5.06. The molecule has 2 nitrogen and oxygen atoms in total. The van der Waals surface area contributed by atoms with Crippen molar-refractivity contribution in [3.8, 4) is 11.3 Å². The summed E-state index contributed by atoms with van der Waals surface area (Å²) in [5.41, 5.74) is 7.90. The van der Waals surface area contributed by atoms with Gasteiger partial charge in [0, 0.05) is 23.4 Å². The van der Waals surface area contributed by atoms with Crippen LogP contribution in [0, 0.1) is 12.7 Å². The third-order valence-corrected chi connectivity index (χ3v) is 3.84. The number of nitrogens with zero attached hydrogens (tertiary/aromatic N) is 1. The fourth-order valence-electron chi connectivity index (χ4n) is 1.50. The Bertz CT molecular complexity index is 522. The van der Waals surface area contributed by atoms with Crippen molar-refractivity contribution in [1.29, 1.82) is 0 Å². The van der Waals surface area contributed by atoms with Gasteiger partial charge in [-0.2, -0.15) is 0 Å². The van der Waals surface area contributed by atoms with E-state index < -0.39 is 0 Å². The average molecular weight is 250 g/mol. The Balaban J connectivity index is 2.33. The number of halogens is 1. The summed E-state index contributed by atoms with van der Waals surface area (Å²) in [4.78, 5) is 4.49. The van der Waals surface area contributed by atoms with Gasteiger partial charge in [-0.25, -0.2) is 9.37 Å². The van der Waals surface area contributed by atoms with Gasteiger partial charge in [-0.3, -0.25) is 0 Å². The predicted octanol–water partition coefficient (Wildman–Crippen LogP) is 3.32. The van der Waals surface area contributed by atoms with Crippen molar-refractivity contribution in [3.63, 3.8) is 0 Å². The van der Waals surface area contributed by atoms with Crippen LogP contribution in [0.1, 0.15) is 23.4 Å². The smallest absolute Gasteiger partial charge is 0.126 e. The fraction of sp³-hybridized carbons (Fsp3) is 0.308. The van der Waals surface area contributed by atoms with E-state index in [2.05, 4.69) is 4.98 Å². The maximum absolute atomic E-state index is 13.5. The summed E-state index contributed by atoms with van der Waals surface area (Å²) >= 11 is 1.57. The summed E-state index contributed by atoms with van der Waals surface area (Å²) in [6.07, 6.45) is 0. The van der Waals surface area contributed by atoms with E-state index >= 15 is 0 Å². The van der Waals surface area contributed by atoms with E-state index in [1.807, 2.05) is 18.4 Å². The Labute approximate surface area is 104 Å². The van der Waals surface area contributed by atoms with Gasteiger partial charge < -0.3 is 5.73 Å². The molecular weight excluding hydrogens is 235 g/mol. The first kappa shape index (κ1) is 12.2. The molecule has 4 heteroatoms. The van der Waals surface area contributed by atoms with E-state index in [0.717, 1.165) is 16.3 Å². The van der Waals surface area contributed by atoms with Crippen molar-refractivity contribution >= 4 is 11.3 Å². The highest BCUT2D eigenvalue weighted by molar-refractivity contribution is 7.10. The van der Waals surface area contributed by atoms with Crippen LogP contribution >= 0.6 is 11.3 Å². The van der Waals surface area contributed by atoms with Crippen molar-refractivity contribution in [2.45, 2.75) is 19.8 Å². The lowest BCUT2D eigenvalue weighted by molar-refractivity contribution is 0.619. The standard InChI is InChI=1S/C13H15FN2S/c1-8-3-4-10(5-11(8)14)12-7-17-13(16-12)9(2)6-15/h3-5,7,9H,6,15H2,1-2H3. The number of aryl methyl sites for hydroxylation is 1. The molecule has 2 rings (SSSR count). The van der Waals surface area contributed by atoms with Crippen LogP contribution in [0.4, 0.5) is 4.39 Å². The van der Waals surface area contributed by atoms with Gasteiger partial charge in [0.1, 0.15) is 5.82 Å². The number of rotatable bonds is 3. The minimum Gasteiger partial charge on any atom is -0.330 e. The van der Waals surface area contributed by atoms with E-state index in [9.17, 15) is 4.39 Å². The lowest BCUT2D eigenvalue weighted by atomic mass is 10.1. The molecule has 90 valence electrons. The maximum atomic E-state index is 13.5. The molecule has 17 heavy (non-hydrogen) atoms. The molecule has 0 bridgehead atoms. The Morgan fingerprint density at radius 1 is 1.47 bits per heavy atom. The monoisotopic (exact) mass is 250 g/mol. The molecule has 0 spiro atoms. The molecule has 2 N–H and O–H groups in total. The van der Waals surface area contributed by atoms with E-state index in [0.29, 0.717) is 12.1 Å². The third kappa shape index (κ3) is 2.53. The van der Waals surface area contributed by atoms with Crippen LogP contribution in [0.15, 0.2) is 23.6 Å². The van der Waals surface area contributed by atoms with E-state index in [1.54, 1.807) is 24.3 Å². The summed E-state index contributed by atoms with van der Waals surface area (Å²) in [5.74, 6) is 0.0629. The number of hydrogen-bond acceptors (Lipinski definition) is 3. The highest BCUT2D eigenvalue weighted by Gasteiger charge is 2.10. The number of aromatic nitrogens is 1. The fourth-order valence-corrected chi connectivity index (χ4v) is 2.40. The zero-order valence-electron chi connectivity index (χ0n) is 9.90. The molecular formula is C13H15FN2S. The first-order valence-electron chi connectivity index (χ1n) is 5.54. The highest BCUT2D eigenvalue weighted by atomic mass is 32.1. The molecule has 0 saturated heterocycles. The lowest BCUT2D eigenvalue weighted by Crippen LogP contribution is -2.08. The number of benzene rings is 1. The minimum absolute atomic E-state index is 0.191. The van der Waals surface area contributed by atoms with Crippen molar-refractivity contribution in [3.05, 3.63) is 40.0 Å². The zero-order chi connectivity index (χ0) is 12.4.